The van der Waals surface area contributed by atoms with Crippen LogP contribution in [-0.2, 0) is 16.1 Å². The van der Waals surface area contributed by atoms with Gasteiger partial charge in [-0.3, -0.25) is 14.3 Å². The van der Waals surface area contributed by atoms with E-state index < -0.39 is 6.10 Å². The third-order valence-corrected chi connectivity index (χ3v) is 3.06. The predicted molar refractivity (Wildman–Crippen MR) is 76.0 cm³/mol. The number of amides is 2. The van der Waals surface area contributed by atoms with Crippen LogP contribution in [-0.4, -0.2) is 27.7 Å². The van der Waals surface area contributed by atoms with Crippen LogP contribution in [0.2, 0.25) is 0 Å². The lowest BCUT2D eigenvalue weighted by Gasteiger charge is -2.23. The number of rotatable bonds is 3. The summed E-state index contributed by atoms with van der Waals surface area (Å²) in [5.74, 6) is 0.185. The number of nitrogens with zero attached hydrogens (tertiary/aromatic N) is 2. The Balaban J connectivity index is 1.71. The summed E-state index contributed by atoms with van der Waals surface area (Å²) < 4.78 is 6.98. The molecule has 0 saturated heterocycles. The van der Waals surface area contributed by atoms with Crippen LogP contribution in [0.1, 0.15) is 6.92 Å². The second kappa shape index (κ2) is 5.28. The number of nitrogens with one attached hydrogen (secondary N) is 2. The van der Waals surface area contributed by atoms with E-state index in [-0.39, 0.29) is 18.4 Å². The normalized spacial score (nSPS) is 16.6. The van der Waals surface area contributed by atoms with Crippen molar-refractivity contribution in [3.8, 4) is 5.75 Å². The monoisotopic (exact) mass is 286 g/mol. The van der Waals surface area contributed by atoms with E-state index in [2.05, 4.69) is 15.7 Å². The smallest absolute Gasteiger partial charge is 0.265 e. The zero-order valence-electron chi connectivity index (χ0n) is 11.4. The van der Waals surface area contributed by atoms with Gasteiger partial charge in [0, 0.05) is 18.1 Å². The van der Waals surface area contributed by atoms with E-state index in [1.54, 1.807) is 43.6 Å². The summed E-state index contributed by atoms with van der Waals surface area (Å²) >= 11 is 0. The van der Waals surface area contributed by atoms with Gasteiger partial charge in [-0.25, -0.2) is 0 Å². The number of aromatic nitrogens is 2. The number of hydrogen-bond donors (Lipinski definition) is 2. The van der Waals surface area contributed by atoms with E-state index in [1.807, 2.05) is 0 Å². The highest BCUT2D eigenvalue weighted by Gasteiger charge is 2.23. The summed E-state index contributed by atoms with van der Waals surface area (Å²) in [5, 5.41) is 9.45. The maximum Gasteiger partial charge on any atom is 0.265 e. The summed E-state index contributed by atoms with van der Waals surface area (Å²) in [6.07, 6.45) is 2.81. The van der Waals surface area contributed by atoms with Gasteiger partial charge in [-0.2, -0.15) is 5.10 Å². The Morgan fingerprint density at radius 2 is 2.38 bits per heavy atom. The number of carbonyl (C=O) groups excluding carboxylic acids is 2. The molecule has 1 aromatic heterocycles. The van der Waals surface area contributed by atoms with Gasteiger partial charge < -0.3 is 15.4 Å². The van der Waals surface area contributed by atoms with E-state index in [0.717, 1.165) is 0 Å². The van der Waals surface area contributed by atoms with Gasteiger partial charge >= 0.3 is 0 Å². The first kappa shape index (κ1) is 13.2. The van der Waals surface area contributed by atoms with E-state index in [4.69, 9.17) is 4.74 Å². The largest absolute Gasteiger partial charge is 0.479 e. The van der Waals surface area contributed by atoms with Crippen molar-refractivity contribution in [3.63, 3.8) is 0 Å². The van der Waals surface area contributed by atoms with Crippen molar-refractivity contribution in [2.24, 2.45) is 0 Å². The Morgan fingerprint density at radius 1 is 1.52 bits per heavy atom. The number of benzene rings is 1. The maximum atomic E-state index is 11.9. The number of carbonyl (C=O) groups is 2. The maximum absolute atomic E-state index is 11.9. The average molecular weight is 286 g/mol. The molecule has 1 aliphatic heterocycles. The predicted octanol–water partition coefficient (Wildman–Crippen LogP) is 1.24. The van der Waals surface area contributed by atoms with Gasteiger partial charge in [-0.15, -0.1) is 0 Å². The number of ether oxygens (including phenoxy) is 1. The summed E-state index contributed by atoms with van der Waals surface area (Å²) in [6, 6.07) is 6.86. The topological polar surface area (TPSA) is 85.2 Å². The molecule has 2 aromatic rings. The van der Waals surface area contributed by atoms with Gasteiger partial charge in [0.25, 0.3) is 5.91 Å². The molecule has 7 nitrogen and oxygen atoms in total. The molecule has 0 unspecified atom stereocenters. The highest BCUT2D eigenvalue weighted by molar-refractivity contribution is 5.99. The van der Waals surface area contributed by atoms with Crippen molar-refractivity contribution in [3.05, 3.63) is 36.7 Å². The molecule has 1 atom stereocenters. The van der Waals surface area contributed by atoms with Crippen molar-refractivity contribution in [2.75, 3.05) is 10.6 Å². The summed E-state index contributed by atoms with van der Waals surface area (Å²) in [7, 11) is 0. The number of hydrogen-bond acceptors (Lipinski definition) is 4. The van der Waals surface area contributed by atoms with Gasteiger partial charge in [0.2, 0.25) is 5.91 Å². The molecule has 0 spiro atoms. The van der Waals surface area contributed by atoms with Crippen LogP contribution < -0.4 is 15.4 Å². The zero-order chi connectivity index (χ0) is 14.8. The molecule has 108 valence electrons. The lowest BCUT2D eigenvalue weighted by molar-refractivity contribution is -0.122. The molecule has 2 heterocycles. The minimum Gasteiger partial charge on any atom is -0.479 e. The quantitative estimate of drug-likeness (QED) is 0.889. The fraction of sp³-hybridized carbons (Fsp3) is 0.214. The Hall–Kier alpha value is -2.83. The van der Waals surface area contributed by atoms with Crippen molar-refractivity contribution in [1.82, 2.24) is 9.78 Å². The Kier molecular flexibility index (Phi) is 3.31. The second-order valence-electron chi connectivity index (χ2n) is 4.71. The van der Waals surface area contributed by atoms with Crippen LogP contribution in [0.5, 0.6) is 5.75 Å². The molecule has 2 N–H and O–H groups in total. The van der Waals surface area contributed by atoms with Gasteiger partial charge in [-0.05, 0) is 31.2 Å². The first-order chi connectivity index (χ1) is 10.1. The summed E-state index contributed by atoms with van der Waals surface area (Å²) in [5.41, 5.74) is 1.14. The molecule has 7 heteroatoms. The first-order valence-electron chi connectivity index (χ1n) is 6.50. The molecule has 1 aliphatic rings. The number of anilines is 2. The van der Waals surface area contributed by atoms with Crippen LogP contribution in [0.15, 0.2) is 36.7 Å². The van der Waals surface area contributed by atoms with E-state index >= 15 is 0 Å². The van der Waals surface area contributed by atoms with E-state index in [9.17, 15) is 9.59 Å². The Morgan fingerprint density at radius 3 is 3.14 bits per heavy atom. The molecular formula is C14H14N4O3. The van der Waals surface area contributed by atoms with Gasteiger partial charge in [0.1, 0.15) is 12.3 Å². The van der Waals surface area contributed by atoms with Crippen LogP contribution in [0, 0.1) is 0 Å². The van der Waals surface area contributed by atoms with Crippen molar-refractivity contribution in [2.45, 2.75) is 19.6 Å². The lowest BCUT2D eigenvalue weighted by Crippen LogP contribution is -2.34. The van der Waals surface area contributed by atoms with Gasteiger partial charge in [0.05, 0.1) is 5.69 Å². The molecule has 0 fully saturated rings. The average Bonchev–Trinajstić information content (AvgIpc) is 2.93. The highest BCUT2D eigenvalue weighted by Crippen LogP contribution is 2.32. The third-order valence-electron chi connectivity index (χ3n) is 3.06. The fourth-order valence-corrected chi connectivity index (χ4v) is 2.03. The van der Waals surface area contributed by atoms with Crippen molar-refractivity contribution in [1.29, 1.82) is 0 Å². The highest BCUT2D eigenvalue weighted by atomic mass is 16.5. The molecule has 21 heavy (non-hydrogen) atoms. The van der Waals surface area contributed by atoms with Crippen LogP contribution in [0.4, 0.5) is 11.4 Å². The van der Waals surface area contributed by atoms with Crippen LogP contribution >= 0.6 is 0 Å². The summed E-state index contributed by atoms with van der Waals surface area (Å²) in [6.45, 7) is 1.81. The Labute approximate surface area is 120 Å². The second-order valence-corrected chi connectivity index (χ2v) is 4.71. The van der Waals surface area contributed by atoms with Crippen molar-refractivity contribution < 1.29 is 14.3 Å². The number of fused-ring (bicyclic) bond motifs is 1. The summed E-state index contributed by atoms with van der Waals surface area (Å²) in [4.78, 5) is 23.4. The molecule has 0 radical (unpaired) electrons. The molecule has 2 amide bonds. The zero-order valence-corrected chi connectivity index (χ0v) is 11.4. The van der Waals surface area contributed by atoms with Crippen LogP contribution in [0.3, 0.4) is 0 Å². The molecular weight excluding hydrogens is 272 g/mol. The fourth-order valence-electron chi connectivity index (χ4n) is 2.03. The molecule has 0 aliphatic carbocycles. The minimum absolute atomic E-state index is 0.129. The van der Waals surface area contributed by atoms with Gasteiger partial charge in [-0.1, -0.05) is 0 Å². The first-order valence-corrected chi connectivity index (χ1v) is 6.50. The van der Waals surface area contributed by atoms with E-state index in [0.29, 0.717) is 17.1 Å². The SMILES string of the molecule is C[C@@H]1Oc2ccc(NC(=O)Cn3cccn3)cc2NC1=O. The molecule has 0 bridgehead atoms. The molecule has 3 rings (SSSR count). The Bertz CT molecular complexity index is 682. The standard InChI is InChI=1S/C14H14N4O3/c1-9-14(20)17-11-7-10(3-4-12(11)21-9)16-13(19)8-18-6-2-5-15-18/h2-7,9H,8H2,1H3,(H,16,19)(H,17,20)/t9-/m0/s1. The molecule has 0 saturated carbocycles. The van der Waals surface area contributed by atoms with E-state index in [1.165, 1.54) is 4.68 Å². The minimum atomic E-state index is -0.516. The lowest BCUT2D eigenvalue weighted by atomic mass is 10.2. The van der Waals surface area contributed by atoms with Crippen molar-refractivity contribution >= 4 is 23.2 Å². The molecule has 1 aromatic carbocycles. The third kappa shape index (κ3) is 2.86. The van der Waals surface area contributed by atoms with Crippen LogP contribution in [0.25, 0.3) is 0 Å². The van der Waals surface area contributed by atoms with Gasteiger partial charge in [0.15, 0.2) is 6.10 Å².